The number of aliphatic hydroxyl groups excluding tert-OH is 1. The highest BCUT2D eigenvalue weighted by Crippen LogP contribution is 1.89. The van der Waals surface area contributed by atoms with Crippen molar-refractivity contribution in [2.24, 2.45) is 0 Å². The van der Waals surface area contributed by atoms with Crippen molar-refractivity contribution in [1.82, 2.24) is 0 Å². The minimum atomic E-state index is -1.27. The summed E-state index contributed by atoms with van der Waals surface area (Å²) in [5, 5.41) is 16.9. The Labute approximate surface area is 48.8 Å². The molecule has 0 amide bonds. The van der Waals surface area contributed by atoms with Crippen LogP contribution in [0.1, 0.15) is 0 Å². The molecule has 0 aromatic carbocycles. The van der Waals surface area contributed by atoms with Gasteiger partial charge in [0.25, 0.3) is 0 Å². The van der Waals surface area contributed by atoms with E-state index in [0.717, 1.165) is 0 Å². The zero-order chi connectivity index (χ0) is 6.73. The maximum atomic E-state index is 9.83. The van der Waals surface area contributed by atoms with Crippen molar-refractivity contribution in [3.63, 3.8) is 0 Å². The summed E-state index contributed by atoms with van der Waals surface area (Å²) in [6.07, 6.45) is 0. The van der Waals surface area contributed by atoms with Crippen LogP contribution in [-0.4, -0.2) is 31.9 Å². The molecule has 0 aliphatic heterocycles. The summed E-state index contributed by atoms with van der Waals surface area (Å²) in [7, 11) is 3.06. The van der Waals surface area contributed by atoms with Crippen molar-refractivity contribution in [2.75, 3.05) is 0 Å². The minimum Gasteiger partial charge on any atom is -0.503 e. The van der Waals surface area contributed by atoms with Crippen molar-refractivity contribution >= 4 is 21.7 Å². The number of aliphatic carboxylic acids is 1. The van der Waals surface area contributed by atoms with Crippen LogP contribution in [0.4, 0.5) is 0 Å². The van der Waals surface area contributed by atoms with E-state index in [2.05, 4.69) is 0 Å². The number of hydrogen-bond donors (Lipinski definition) is 2. The molecule has 0 atom stereocenters. The SMILES string of the molecule is BC(B)=C(O)C(=O)O. The largest absolute Gasteiger partial charge is 0.503 e. The first-order valence-electron chi connectivity index (χ1n) is 2.15. The summed E-state index contributed by atoms with van der Waals surface area (Å²) in [6.45, 7) is 0. The Hall–Kier alpha value is -0.860. The van der Waals surface area contributed by atoms with Crippen LogP contribution in [0.15, 0.2) is 11.1 Å². The van der Waals surface area contributed by atoms with Gasteiger partial charge in [-0.25, -0.2) is 4.79 Å². The van der Waals surface area contributed by atoms with Crippen LogP contribution in [0, 0.1) is 0 Å². The maximum Gasteiger partial charge on any atom is 0.369 e. The molecule has 2 N–H and O–H groups in total. The van der Waals surface area contributed by atoms with Gasteiger partial charge >= 0.3 is 5.97 Å². The quantitative estimate of drug-likeness (QED) is 0.235. The predicted octanol–water partition coefficient (Wildman–Crippen LogP) is -1.94. The highest BCUT2D eigenvalue weighted by Gasteiger charge is 2.02. The minimum absolute atomic E-state index is 0.414. The second kappa shape index (κ2) is 2.45. The van der Waals surface area contributed by atoms with E-state index < -0.39 is 11.7 Å². The van der Waals surface area contributed by atoms with Gasteiger partial charge in [0.2, 0.25) is 0 Å². The van der Waals surface area contributed by atoms with Crippen molar-refractivity contribution in [1.29, 1.82) is 0 Å². The predicted molar refractivity (Wildman–Crippen MR) is 34.4 cm³/mol. The summed E-state index contributed by atoms with van der Waals surface area (Å²) >= 11 is 0. The monoisotopic (exact) mass is 112 g/mol. The van der Waals surface area contributed by atoms with Crippen LogP contribution in [-0.2, 0) is 4.79 Å². The Kier molecular flexibility index (Phi) is 2.18. The Morgan fingerprint density at radius 1 is 1.25 bits per heavy atom. The van der Waals surface area contributed by atoms with Crippen LogP contribution in [0.3, 0.4) is 0 Å². The van der Waals surface area contributed by atoms with E-state index in [1.54, 1.807) is 0 Å². The van der Waals surface area contributed by atoms with Gasteiger partial charge in [0.15, 0.2) is 5.76 Å². The first-order valence-corrected chi connectivity index (χ1v) is 2.15. The average molecular weight is 112 g/mol. The molecule has 0 saturated heterocycles. The maximum absolute atomic E-state index is 9.83. The lowest BCUT2D eigenvalue weighted by Gasteiger charge is -1.91. The van der Waals surface area contributed by atoms with E-state index in [1.807, 2.05) is 0 Å². The van der Waals surface area contributed by atoms with Crippen molar-refractivity contribution in [3.05, 3.63) is 11.1 Å². The van der Waals surface area contributed by atoms with E-state index in [4.69, 9.17) is 10.2 Å². The number of rotatable bonds is 1. The summed E-state index contributed by atoms with van der Waals surface area (Å²) in [5.41, 5.74) is 0. The van der Waals surface area contributed by atoms with Crippen LogP contribution < -0.4 is 0 Å². The smallest absolute Gasteiger partial charge is 0.369 e. The Morgan fingerprint density at radius 3 is 1.62 bits per heavy atom. The van der Waals surface area contributed by atoms with Crippen LogP contribution in [0.5, 0.6) is 0 Å². The molecule has 0 rings (SSSR count). The molecule has 8 heavy (non-hydrogen) atoms. The Balaban J connectivity index is 4.23. The first-order chi connectivity index (χ1) is 3.55. The third-order valence-corrected chi connectivity index (χ3v) is 0.676. The molecule has 42 valence electrons. The van der Waals surface area contributed by atoms with E-state index in [0.29, 0.717) is 5.37 Å². The number of hydrogen-bond acceptors (Lipinski definition) is 2. The zero-order valence-corrected chi connectivity index (χ0v) is 4.80. The van der Waals surface area contributed by atoms with Crippen LogP contribution in [0.25, 0.3) is 0 Å². The number of carboxylic acid groups (broad SMARTS) is 1. The molecule has 0 spiro atoms. The molecule has 0 unspecified atom stereocenters. The van der Waals surface area contributed by atoms with Gasteiger partial charge in [0.1, 0.15) is 15.7 Å². The lowest BCUT2D eigenvalue weighted by Crippen LogP contribution is -2.03. The van der Waals surface area contributed by atoms with E-state index in [-0.39, 0.29) is 0 Å². The van der Waals surface area contributed by atoms with Crippen molar-refractivity contribution < 1.29 is 15.0 Å². The fourth-order valence-electron chi connectivity index (χ4n) is 0.214. The van der Waals surface area contributed by atoms with Gasteiger partial charge in [0.05, 0.1) is 0 Å². The molecular weight excluding hydrogens is 106 g/mol. The van der Waals surface area contributed by atoms with Gasteiger partial charge in [-0.15, -0.1) is 0 Å². The fourth-order valence-corrected chi connectivity index (χ4v) is 0.214. The topological polar surface area (TPSA) is 57.5 Å². The Bertz CT molecular complexity index is 135. The van der Waals surface area contributed by atoms with Crippen molar-refractivity contribution in [2.45, 2.75) is 0 Å². The molecule has 0 heterocycles. The number of carbonyl (C=O) groups is 1. The van der Waals surface area contributed by atoms with Gasteiger partial charge in [-0.05, 0) is 0 Å². The van der Waals surface area contributed by atoms with Gasteiger partial charge in [0, 0.05) is 0 Å². The number of carboxylic acids is 1. The van der Waals surface area contributed by atoms with Crippen LogP contribution >= 0.6 is 0 Å². The number of aliphatic hydroxyl groups is 1. The van der Waals surface area contributed by atoms with Gasteiger partial charge in [-0.1, -0.05) is 5.37 Å². The van der Waals surface area contributed by atoms with Gasteiger partial charge in [-0.3, -0.25) is 0 Å². The molecule has 0 radical (unpaired) electrons. The van der Waals surface area contributed by atoms with E-state index >= 15 is 0 Å². The molecule has 0 aromatic heterocycles. The molecule has 0 aliphatic rings. The molecule has 0 bridgehead atoms. The fraction of sp³-hybridized carbons (Fsp3) is 0. The highest BCUT2D eigenvalue weighted by atomic mass is 16.4. The Morgan fingerprint density at radius 2 is 1.62 bits per heavy atom. The van der Waals surface area contributed by atoms with Crippen LogP contribution in [0.2, 0.25) is 0 Å². The average Bonchev–Trinajstić information content (AvgIpc) is 1.64. The summed E-state index contributed by atoms with van der Waals surface area (Å²) in [4.78, 5) is 9.83. The molecule has 0 aliphatic carbocycles. The highest BCUT2D eigenvalue weighted by molar-refractivity contribution is 6.49. The molecule has 0 fully saturated rings. The zero-order valence-electron chi connectivity index (χ0n) is 4.80. The van der Waals surface area contributed by atoms with E-state index in [9.17, 15) is 4.79 Å². The summed E-state index contributed by atoms with van der Waals surface area (Å²) < 4.78 is 0. The normalized spacial score (nSPS) is 8.00. The van der Waals surface area contributed by atoms with Gasteiger partial charge < -0.3 is 10.2 Å². The first kappa shape index (κ1) is 7.14. The molecular formula is C3H6B2O3. The van der Waals surface area contributed by atoms with E-state index in [1.165, 1.54) is 15.7 Å². The second-order valence-corrected chi connectivity index (χ2v) is 1.65. The standard InChI is InChI=1S/C3H6B2O3/c4-2(5)1(6)3(7)8/h6H,4-5H2,(H,7,8). The third kappa shape index (κ3) is 1.73. The third-order valence-electron chi connectivity index (χ3n) is 0.676. The lowest BCUT2D eigenvalue weighted by molar-refractivity contribution is -0.135. The molecule has 0 saturated carbocycles. The van der Waals surface area contributed by atoms with Gasteiger partial charge in [-0.2, -0.15) is 0 Å². The van der Waals surface area contributed by atoms with Crippen molar-refractivity contribution in [3.8, 4) is 0 Å². The summed E-state index contributed by atoms with van der Waals surface area (Å²) in [5.74, 6) is -1.84. The second-order valence-electron chi connectivity index (χ2n) is 1.65. The molecule has 3 nitrogen and oxygen atoms in total. The molecule has 5 heteroatoms. The molecule has 0 aromatic rings. The lowest BCUT2D eigenvalue weighted by atomic mass is 9.77. The summed E-state index contributed by atoms with van der Waals surface area (Å²) in [6, 6.07) is 0.